The second-order valence-corrected chi connectivity index (χ2v) is 13.9. The smallest absolute Gasteiger partial charge is 0.240 e. The first-order valence-electron chi connectivity index (χ1n) is 16.5. The lowest BCUT2D eigenvalue weighted by Gasteiger charge is -2.30. The Morgan fingerprint density at radius 2 is 1.10 bits per heavy atom. The number of halogens is 4. The number of alkyl halides is 2. The Morgan fingerprint density at radius 3 is 1.46 bits per heavy atom. The highest BCUT2D eigenvalue weighted by Gasteiger charge is 2.41. The molecule has 2 amide bonds. The summed E-state index contributed by atoms with van der Waals surface area (Å²) in [6.45, 7) is 7.27. The summed E-state index contributed by atoms with van der Waals surface area (Å²) >= 11 is 0. The minimum atomic E-state index is -1.27. The van der Waals surface area contributed by atoms with Crippen LogP contribution in [0.5, 0.6) is 0 Å². The van der Waals surface area contributed by atoms with E-state index >= 15 is 0 Å². The summed E-state index contributed by atoms with van der Waals surface area (Å²) in [6.07, 6.45) is -2.41. The van der Waals surface area contributed by atoms with Crippen LogP contribution < -0.4 is 11.5 Å². The van der Waals surface area contributed by atoms with E-state index in [0.29, 0.717) is 22.1 Å². The highest BCUT2D eigenvalue weighted by atomic mass is 19.1. The van der Waals surface area contributed by atoms with Gasteiger partial charge in [-0.25, -0.2) is 27.5 Å². The molecule has 0 saturated carbocycles. The van der Waals surface area contributed by atoms with Gasteiger partial charge in [-0.1, -0.05) is 27.7 Å². The predicted molar refractivity (Wildman–Crippen MR) is 174 cm³/mol. The van der Waals surface area contributed by atoms with Gasteiger partial charge in [-0.3, -0.25) is 9.59 Å². The molecule has 4 heterocycles. The summed E-state index contributed by atoms with van der Waals surface area (Å²) in [7, 11) is 0. The molecule has 2 aromatic heterocycles. The number of fused-ring (bicyclic) bond motifs is 2. The maximum atomic E-state index is 14.9. The Kier molecular flexibility index (Phi) is 9.24. The number of amides is 2. The van der Waals surface area contributed by atoms with Gasteiger partial charge >= 0.3 is 0 Å². The molecular weight excluding hydrogens is 628 g/mol. The van der Waals surface area contributed by atoms with Gasteiger partial charge in [-0.15, -0.1) is 0 Å². The predicted octanol–water partition coefficient (Wildman–Crippen LogP) is 4.18. The van der Waals surface area contributed by atoms with Crippen LogP contribution in [0.15, 0.2) is 36.4 Å². The van der Waals surface area contributed by atoms with E-state index in [4.69, 9.17) is 21.4 Å². The van der Waals surface area contributed by atoms with Crippen molar-refractivity contribution in [1.29, 1.82) is 0 Å². The molecule has 2 saturated heterocycles. The molecule has 0 spiro atoms. The number of imidazole rings is 2. The Bertz CT molecular complexity index is 1710. The fraction of sp³-hybridized carbons (Fsp3) is 0.529. The zero-order valence-corrected chi connectivity index (χ0v) is 27.5. The number of nitrogens with zero attached hydrogens (tertiary/aromatic N) is 6. The van der Waals surface area contributed by atoms with Gasteiger partial charge in [0.15, 0.2) is 11.6 Å². The first-order chi connectivity index (χ1) is 22.7. The van der Waals surface area contributed by atoms with Gasteiger partial charge in [-0.2, -0.15) is 0 Å². The van der Waals surface area contributed by atoms with E-state index < -0.39 is 48.1 Å². The minimum Gasteiger partial charge on any atom is -0.334 e. The van der Waals surface area contributed by atoms with Crippen LogP contribution in [0.1, 0.15) is 40.5 Å². The zero-order valence-electron chi connectivity index (χ0n) is 27.5. The number of benzene rings is 2. The standard InChI is InChI=1S/C34H42F4N8O2/c1-17(2)29(39)33(47)43-13-21(37)9-23(43)15-45-27-7-5-19(35)11-25(27)41-31(45)32-42-26-12-20(36)6-8-28(26)46(32)16-24-10-22(38)14-44(24)34(48)30(40)18(3)4/h5-8,11-12,17-18,21-24,29-30H,9-10,13-16,39-40H2,1-4H3/t21?,22?,23-,24-,29+,30+/m0/s1. The molecule has 0 bridgehead atoms. The van der Waals surface area contributed by atoms with E-state index in [1.807, 2.05) is 27.7 Å². The van der Waals surface area contributed by atoms with E-state index in [-0.39, 0.29) is 74.3 Å². The van der Waals surface area contributed by atoms with Crippen LogP contribution in [-0.2, 0) is 22.7 Å². The second kappa shape index (κ2) is 13.1. The molecule has 6 rings (SSSR count). The monoisotopic (exact) mass is 670 g/mol. The molecule has 2 aliphatic heterocycles. The van der Waals surface area contributed by atoms with Gasteiger partial charge in [0, 0.05) is 38.1 Å². The summed E-state index contributed by atoms with van der Waals surface area (Å²) in [6, 6.07) is 5.40. The number of carbonyl (C=O) groups excluding carboxylic acids is 2. The Morgan fingerprint density at radius 1 is 0.729 bits per heavy atom. The fourth-order valence-electron chi connectivity index (χ4n) is 6.90. The molecule has 4 N–H and O–H groups in total. The van der Waals surface area contributed by atoms with Gasteiger partial charge in [0.25, 0.3) is 0 Å². The first kappa shape index (κ1) is 33.8. The number of hydrogen-bond donors (Lipinski definition) is 2. The van der Waals surface area contributed by atoms with Crippen molar-refractivity contribution in [2.75, 3.05) is 13.1 Å². The lowest BCUT2D eigenvalue weighted by molar-refractivity contribution is -0.135. The minimum absolute atomic E-state index is 0.0611. The van der Waals surface area contributed by atoms with E-state index in [2.05, 4.69) is 0 Å². The molecule has 2 aromatic carbocycles. The van der Waals surface area contributed by atoms with Crippen LogP contribution >= 0.6 is 0 Å². The number of rotatable bonds is 9. The molecular formula is C34H42F4N8O2. The lowest BCUT2D eigenvalue weighted by Crippen LogP contribution is -2.49. The molecule has 0 aliphatic carbocycles. The number of nitrogens with two attached hydrogens (primary N) is 2. The molecule has 2 aliphatic rings. The highest BCUT2D eigenvalue weighted by molar-refractivity contribution is 5.85. The van der Waals surface area contributed by atoms with Crippen LogP contribution in [-0.4, -0.2) is 90.3 Å². The number of likely N-dealkylation sites (tertiary alicyclic amines) is 2. The maximum Gasteiger partial charge on any atom is 0.240 e. The summed E-state index contributed by atoms with van der Waals surface area (Å²) < 4.78 is 62.4. The van der Waals surface area contributed by atoms with Crippen molar-refractivity contribution in [3.63, 3.8) is 0 Å². The lowest BCUT2D eigenvalue weighted by atomic mass is 10.0. The molecule has 0 radical (unpaired) electrons. The maximum absolute atomic E-state index is 14.9. The summed E-state index contributed by atoms with van der Waals surface area (Å²) in [5, 5.41) is 0. The quantitative estimate of drug-likeness (QED) is 0.258. The van der Waals surface area contributed by atoms with Crippen LogP contribution in [0.2, 0.25) is 0 Å². The Hall–Kier alpha value is -4.04. The van der Waals surface area contributed by atoms with Crippen LogP contribution in [0.25, 0.3) is 33.7 Å². The molecule has 2 unspecified atom stereocenters. The Balaban J connectivity index is 1.47. The first-order valence-corrected chi connectivity index (χ1v) is 16.5. The molecule has 2 fully saturated rings. The third-order valence-corrected chi connectivity index (χ3v) is 9.71. The van der Waals surface area contributed by atoms with Crippen molar-refractivity contribution in [3.05, 3.63) is 48.0 Å². The Labute approximate surface area is 276 Å². The van der Waals surface area contributed by atoms with Crippen LogP contribution in [0.3, 0.4) is 0 Å². The van der Waals surface area contributed by atoms with Gasteiger partial charge in [-0.05, 0) is 36.1 Å². The fourth-order valence-corrected chi connectivity index (χ4v) is 6.90. The van der Waals surface area contributed by atoms with Gasteiger partial charge < -0.3 is 30.4 Å². The van der Waals surface area contributed by atoms with Crippen molar-refractivity contribution in [2.45, 2.75) is 90.1 Å². The molecule has 258 valence electrons. The van der Waals surface area contributed by atoms with Crippen molar-refractivity contribution in [2.24, 2.45) is 23.3 Å². The topological polar surface area (TPSA) is 128 Å². The normalized spacial score (nSPS) is 22.9. The average Bonchev–Trinajstić information content (AvgIpc) is 3.78. The summed E-state index contributed by atoms with van der Waals surface area (Å²) in [5.41, 5.74) is 14.0. The molecule has 48 heavy (non-hydrogen) atoms. The molecule has 6 atom stereocenters. The summed E-state index contributed by atoms with van der Waals surface area (Å²) in [4.78, 5) is 39.2. The van der Waals surface area contributed by atoms with Crippen molar-refractivity contribution < 1.29 is 27.2 Å². The number of aromatic nitrogens is 4. The second-order valence-electron chi connectivity index (χ2n) is 13.9. The average molecular weight is 671 g/mol. The molecule has 4 aromatic rings. The van der Waals surface area contributed by atoms with Gasteiger partial charge in [0.05, 0.1) is 59.3 Å². The third-order valence-electron chi connectivity index (χ3n) is 9.71. The summed E-state index contributed by atoms with van der Waals surface area (Å²) in [5.74, 6) is -1.55. The van der Waals surface area contributed by atoms with Crippen LogP contribution in [0, 0.1) is 23.5 Å². The van der Waals surface area contributed by atoms with E-state index in [0.717, 1.165) is 0 Å². The van der Waals surface area contributed by atoms with Crippen molar-refractivity contribution in [3.8, 4) is 11.6 Å². The third kappa shape index (κ3) is 6.27. The largest absolute Gasteiger partial charge is 0.334 e. The number of carbonyl (C=O) groups is 2. The van der Waals surface area contributed by atoms with E-state index in [1.165, 1.54) is 34.1 Å². The van der Waals surface area contributed by atoms with E-state index in [9.17, 15) is 27.2 Å². The van der Waals surface area contributed by atoms with E-state index in [1.54, 1.807) is 21.3 Å². The molecule has 14 heteroatoms. The van der Waals surface area contributed by atoms with Crippen molar-refractivity contribution >= 4 is 33.9 Å². The molecule has 10 nitrogen and oxygen atoms in total. The SMILES string of the molecule is CC(C)[C@@H](N)C(=O)N1CC(F)C[C@H]1Cn1c(-c2nc3cc(F)ccc3n2C[C@@H]2CC(F)CN2C(=O)[C@H](N)C(C)C)nc2cc(F)ccc21. The highest BCUT2D eigenvalue weighted by Crippen LogP contribution is 2.33. The van der Waals surface area contributed by atoms with Crippen LogP contribution in [0.4, 0.5) is 17.6 Å². The van der Waals surface area contributed by atoms with Crippen molar-refractivity contribution in [1.82, 2.24) is 28.9 Å². The van der Waals surface area contributed by atoms with Gasteiger partial charge in [0.2, 0.25) is 11.8 Å². The zero-order chi connectivity index (χ0) is 34.6. The van der Waals surface area contributed by atoms with Gasteiger partial charge in [0.1, 0.15) is 24.0 Å². The number of hydrogen-bond acceptors (Lipinski definition) is 6.